The number of rotatable bonds is 8. The van der Waals surface area contributed by atoms with Crippen molar-refractivity contribution in [3.05, 3.63) is 59.5 Å². The van der Waals surface area contributed by atoms with E-state index >= 15 is 0 Å². The van der Waals surface area contributed by atoms with E-state index in [0.717, 1.165) is 49.1 Å². The van der Waals surface area contributed by atoms with Gasteiger partial charge >= 0.3 is 0 Å². The molecule has 162 valence electrons. The molecule has 7 nitrogen and oxygen atoms in total. The van der Waals surface area contributed by atoms with Gasteiger partial charge in [-0.1, -0.05) is 12.1 Å². The summed E-state index contributed by atoms with van der Waals surface area (Å²) in [6.45, 7) is 6.34. The number of halogens is 1. The Kier molecular flexibility index (Phi) is 9.35. The SMILES string of the molecule is CN=C(NCCCc1nnc2ccccn12)N(C)CCOc1cc(C)cc(C)c1.I. The van der Waals surface area contributed by atoms with E-state index in [9.17, 15) is 0 Å². The van der Waals surface area contributed by atoms with Crippen LogP contribution in [0.4, 0.5) is 0 Å². The van der Waals surface area contributed by atoms with Crippen LogP contribution in [0.15, 0.2) is 47.6 Å². The minimum Gasteiger partial charge on any atom is -0.492 e. The normalized spacial score (nSPS) is 11.3. The van der Waals surface area contributed by atoms with Gasteiger partial charge in [-0.3, -0.25) is 9.39 Å². The summed E-state index contributed by atoms with van der Waals surface area (Å²) in [4.78, 5) is 6.45. The maximum Gasteiger partial charge on any atom is 0.193 e. The fourth-order valence-electron chi connectivity index (χ4n) is 3.32. The Hall–Kier alpha value is -2.36. The Morgan fingerprint density at radius 1 is 1.17 bits per heavy atom. The molecule has 2 aromatic heterocycles. The quantitative estimate of drug-likeness (QED) is 0.213. The number of benzene rings is 1. The van der Waals surface area contributed by atoms with Crippen LogP contribution < -0.4 is 10.1 Å². The first kappa shape index (κ1) is 23.9. The second-order valence-corrected chi connectivity index (χ2v) is 7.22. The van der Waals surface area contributed by atoms with Crippen molar-refractivity contribution in [1.29, 1.82) is 0 Å². The zero-order valence-electron chi connectivity index (χ0n) is 18.1. The van der Waals surface area contributed by atoms with Crippen LogP contribution in [0.5, 0.6) is 5.75 Å². The van der Waals surface area contributed by atoms with Crippen LogP contribution in [0.1, 0.15) is 23.4 Å². The minimum absolute atomic E-state index is 0. The largest absolute Gasteiger partial charge is 0.492 e. The third-order valence-corrected chi connectivity index (χ3v) is 4.71. The molecule has 0 unspecified atom stereocenters. The van der Waals surface area contributed by atoms with Crippen molar-refractivity contribution in [2.24, 2.45) is 4.99 Å². The van der Waals surface area contributed by atoms with Gasteiger partial charge in [0.15, 0.2) is 11.6 Å². The molecule has 0 aliphatic heterocycles. The molecule has 3 rings (SSSR count). The highest BCUT2D eigenvalue weighted by molar-refractivity contribution is 14.0. The van der Waals surface area contributed by atoms with Crippen LogP contribution in [-0.4, -0.2) is 59.2 Å². The fraction of sp³-hybridized carbons (Fsp3) is 0.409. The number of ether oxygens (including phenoxy) is 1. The summed E-state index contributed by atoms with van der Waals surface area (Å²) in [6.07, 6.45) is 3.80. The highest BCUT2D eigenvalue weighted by Gasteiger charge is 2.07. The monoisotopic (exact) mass is 522 g/mol. The molecule has 8 heteroatoms. The van der Waals surface area contributed by atoms with Gasteiger partial charge in [0, 0.05) is 33.3 Å². The van der Waals surface area contributed by atoms with Crippen molar-refractivity contribution < 1.29 is 4.74 Å². The lowest BCUT2D eigenvalue weighted by atomic mass is 10.1. The second kappa shape index (κ2) is 11.7. The Balaban J connectivity index is 0.00000320. The number of guanidine groups is 1. The molecule has 0 saturated carbocycles. The van der Waals surface area contributed by atoms with Gasteiger partial charge < -0.3 is 15.0 Å². The molecule has 30 heavy (non-hydrogen) atoms. The van der Waals surface area contributed by atoms with Crippen molar-refractivity contribution in [2.45, 2.75) is 26.7 Å². The average Bonchev–Trinajstić information content (AvgIpc) is 3.10. The van der Waals surface area contributed by atoms with E-state index in [-0.39, 0.29) is 24.0 Å². The Bertz CT molecular complexity index is 951. The van der Waals surface area contributed by atoms with Gasteiger partial charge in [-0.15, -0.1) is 34.2 Å². The number of likely N-dealkylation sites (N-methyl/N-ethyl adjacent to an activating group) is 1. The molecule has 1 N–H and O–H groups in total. The highest BCUT2D eigenvalue weighted by Crippen LogP contribution is 2.16. The number of nitrogens with one attached hydrogen (secondary N) is 1. The van der Waals surface area contributed by atoms with Gasteiger partial charge in [-0.25, -0.2) is 0 Å². The Morgan fingerprint density at radius 2 is 1.93 bits per heavy atom. The van der Waals surface area contributed by atoms with Crippen molar-refractivity contribution >= 4 is 35.6 Å². The molecule has 0 amide bonds. The molecule has 0 bridgehead atoms. The smallest absolute Gasteiger partial charge is 0.193 e. The number of hydrogen-bond donors (Lipinski definition) is 1. The molecule has 0 atom stereocenters. The first-order valence-corrected chi connectivity index (χ1v) is 9.98. The Morgan fingerprint density at radius 3 is 2.67 bits per heavy atom. The first-order valence-electron chi connectivity index (χ1n) is 9.98. The standard InChI is InChI=1S/C22H30N6O.HI/c1-17-14-18(2)16-19(15-17)29-13-12-27(4)22(23-3)24-10-7-9-21-26-25-20-8-5-6-11-28(20)21;/h5-6,8,11,14-16H,7,9-10,12-13H2,1-4H3,(H,23,24);1H. The predicted octanol–water partition coefficient (Wildman–Crippen LogP) is 3.48. The van der Waals surface area contributed by atoms with Gasteiger partial charge in [-0.2, -0.15) is 0 Å². The fourth-order valence-corrected chi connectivity index (χ4v) is 3.32. The lowest BCUT2D eigenvalue weighted by Gasteiger charge is -2.22. The zero-order chi connectivity index (χ0) is 20.6. The zero-order valence-corrected chi connectivity index (χ0v) is 20.5. The van der Waals surface area contributed by atoms with Crippen LogP contribution >= 0.6 is 24.0 Å². The summed E-state index contributed by atoms with van der Waals surface area (Å²) >= 11 is 0. The molecule has 0 aliphatic carbocycles. The third-order valence-electron chi connectivity index (χ3n) is 4.71. The van der Waals surface area contributed by atoms with E-state index in [0.29, 0.717) is 6.61 Å². The third kappa shape index (κ3) is 6.58. The van der Waals surface area contributed by atoms with E-state index in [4.69, 9.17) is 4.74 Å². The summed E-state index contributed by atoms with van der Waals surface area (Å²) in [5, 5.41) is 11.9. The molecule has 0 saturated heterocycles. The van der Waals surface area contributed by atoms with Crippen LogP contribution in [0.3, 0.4) is 0 Å². The Labute approximate surface area is 195 Å². The van der Waals surface area contributed by atoms with E-state index < -0.39 is 0 Å². The maximum atomic E-state index is 5.91. The molecule has 0 spiro atoms. The number of hydrogen-bond acceptors (Lipinski definition) is 4. The van der Waals surface area contributed by atoms with Crippen molar-refractivity contribution in [2.75, 3.05) is 33.8 Å². The van der Waals surface area contributed by atoms with Crippen LogP contribution in [-0.2, 0) is 6.42 Å². The van der Waals surface area contributed by atoms with Crippen molar-refractivity contribution in [1.82, 2.24) is 24.8 Å². The highest BCUT2D eigenvalue weighted by atomic mass is 127. The summed E-state index contributed by atoms with van der Waals surface area (Å²) < 4.78 is 7.94. The van der Waals surface area contributed by atoms with Gasteiger partial charge in [0.2, 0.25) is 0 Å². The number of aromatic nitrogens is 3. The van der Waals surface area contributed by atoms with Crippen LogP contribution in [0, 0.1) is 13.8 Å². The van der Waals surface area contributed by atoms with Crippen molar-refractivity contribution in [3.63, 3.8) is 0 Å². The molecule has 1 aromatic carbocycles. The number of aliphatic imine (C=N–C) groups is 1. The number of nitrogens with zero attached hydrogens (tertiary/aromatic N) is 5. The molecule has 0 radical (unpaired) electrons. The maximum absolute atomic E-state index is 5.91. The summed E-state index contributed by atoms with van der Waals surface area (Å²) in [7, 11) is 3.82. The van der Waals surface area contributed by atoms with Gasteiger partial charge in [0.1, 0.15) is 18.2 Å². The van der Waals surface area contributed by atoms with Gasteiger partial charge in [0.25, 0.3) is 0 Å². The predicted molar refractivity (Wildman–Crippen MR) is 132 cm³/mol. The van der Waals surface area contributed by atoms with E-state index in [1.54, 1.807) is 7.05 Å². The number of pyridine rings is 1. The van der Waals surface area contributed by atoms with E-state index in [1.807, 2.05) is 35.8 Å². The first-order chi connectivity index (χ1) is 14.1. The number of fused-ring (bicyclic) bond motifs is 1. The van der Waals surface area contributed by atoms with E-state index in [2.05, 4.69) is 57.5 Å². The van der Waals surface area contributed by atoms with Crippen LogP contribution in [0.25, 0.3) is 5.65 Å². The van der Waals surface area contributed by atoms with Crippen molar-refractivity contribution in [3.8, 4) is 5.75 Å². The lowest BCUT2D eigenvalue weighted by Crippen LogP contribution is -2.41. The summed E-state index contributed by atoms with van der Waals surface area (Å²) in [5.41, 5.74) is 3.31. The van der Waals surface area contributed by atoms with E-state index in [1.165, 1.54) is 11.1 Å². The molecular formula is C22H31IN6O. The average molecular weight is 522 g/mol. The number of aryl methyl sites for hydroxylation is 3. The topological polar surface area (TPSA) is 67.0 Å². The molecule has 2 heterocycles. The molecule has 0 aliphatic rings. The molecule has 0 fully saturated rings. The van der Waals surface area contributed by atoms with Gasteiger partial charge in [-0.05, 0) is 55.7 Å². The molecule has 3 aromatic rings. The summed E-state index contributed by atoms with van der Waals surface area (Å²) in [6, 6.07) is 12.2. The van der Waals surface area contributed by atoms with Crippen LogP contribution in [0.2, 0.25) is 0 Å². The second-order valence-electron chi connectivity index (χ2n) is 7.22. The minimum atomic E-state index is 0. The lowest BCUT2D eigenvalue weighted by molar-refractivity contribution is 0.281. The van der Waals surface area contributed by atoms with Gasteiger partial charge in [0.05, 0.1) is 6.54 Å². The summed E-state index contributed by atoms with van der Waals surface area (Å²) in [5.74, 6) is 2.76. The molecular weight excluding hydrogens is 491 g/mol.